The maximum absolute atomic E-state index is 13.1. The minimum Gasteiger partial charge on any atom is -0.489 e. The number of sulfonamides is 1. The average Bonchev–Trinajstić information content (AvgIpc) is 3.30. The molecule has 0 atom stereocenters. The fourth-order valence-electron chi connectivity index (χ4n) is 3.74. The van der Waals surface area contributed by atoms with E-state index in [1.54, 1.807) is 25.1 Å². The third-order valence-corrected chi connectivity index (χ3v) is 5.76. The predicted octanol–water partition coefficient (Wildman–Crippen LogP) is 4.27. The van der Waals surface area contributed by atoms with Crippen molar-refractivity contribution in [2.45, 2.75) is 38.1 Å². The summed E-state index contributed by atoms with van der Waals surface area (Å²) in [7, 11) is -3.44. The third kappa shape index (κ3) is 4.01. The first kappa shape index (κ1) is 20.7. The van der Waals surface area contributed by atoms with Crippen LogP contribution in [0.5, 0.6) is 5.75 Å². The number of nitrogens with one attached hydrogen (secondary N) is 1. The van der Waals surface area contributed by atoms with E-state index in [1.165, 1.54) is 12.1 Å². The Balaban J connectivity index is 1.65. The Labute approximate surface area is 171 Å². The van der Waals surface area contributed by atoms with Gasteiger partial charge < -0.3 is 9.15 Å². The molecule has 1 aliphatic rings. The molecule has 0 bridgehead atoms. The van der Waals surface area contributed by atoms with E-state index in [1.807, 2.05) is 0 Å². The van der Waals surface area contributed by atoms with E-state index < -0.39 is 27.4 Å². The number of hydrogen-bond donors (Lipinski definition) is 1. The van der Waals surface area contributed by atoms with Crippen LogP contribution in [0.4, 0.5) is 13.2 Å². The summed E-state index contributed by atoms with van der Waals surface area (Å²) in [6.07, 6.45) is -1.13. The number of halogens is 3. The molecular weight excluding hydrogens is 421 g/mol. The number of aryl methyl sites for hydroxylation is 1. The van der Waals surface area contributed by atoms with E-state index in [4.69, 9.17) is 9.15 Å². The number of alkyl halides is 3. The quantitative estimate of drug-likeness (QED) is 0.619. The second-order valence-electron chi connectivity index (χ2n) is 7.45. The van der Waals surface area contributed by atoms with Crippen LogP contribution in [0.15, 0.2) is 40.9 Å². The Bertz CT molecular complexity index is 1210. The van der Waals surface area contributed by atoms with Crippen LogP contribution in [0.1, 0.15) is 35.4 Å². The monoisotopic (exact) mass is 440 g/mol. The lowest BCUT2D eigenvalue weighted by Crippen LogP contribution is -2.34. The van der Waals surface area contributed by atoms with E-state index >= 15 is 0 Å². The van der Waals surface area contributed by atoms with Gasteiger partial charge in [0.2, 0.25) is 10.0 Å². The molecule has 0 saturated heterocycles. The van der Waals surface area contributed by atoms with Crippen LogP contribution in [0.25, 0.3) is 11.0 Å². The van der Waals surface area contributed by atoms with Crippen LogP contribution in [-0.4, -0.2) is 19.7 Å². The molecule has 1 saturated carbocycles. The topological polar surface area (TPSA) is 81.4 Å². The molecule has 1 fully saturated rings. The molecule has 1 N–H and O–H groups in total. The molecule has 3 aromatic rings. The zero-order valence-electron chi connectivity index (χ0n) is 16.2. The van der Waals surface area contributed by atoms with Gasteiger partial charge in [0.05, 0.1) is 11.8 Å². The lowest BCUT2D eigenvalue weighted by molar-refractivity contribution is -0.142. The summed E-state index contributed by atoms with van der Waals surface area (Å²) in [4.78, 5) is 3.42. The number of furan rings is 1. The van der Waals surface area contributed by atoms with Crippen molar-refractivity contribution in [3.63, 3.8) is 0 Å². The van der Waals surface area contributed by atoms with Gasteiger partial charge in [-0.15, -0.1) is 0 Å². The molecular formula is C20H19F3N2O4S. The summed E-state index contributed by atoms with van der Waals surface area (Å²) >= 11 is 0. The van der Waals surface area contributed by atoms with Crippen molar-refractivity contribution < 1.29 is 30.7 Å². The largest absolute Gasteiger partial charge is 0.489 e. The summed E-state index contributed by atoms with van der Waals surface area (Å²) < 4.78 is 77.1. The molecule has 30 heavy (non-hydrogen) atoms. The Kier molecular flexibility index (Phi) is 4.81. The highest BCUT2D eigenvalue weighted by molar-refractivity contribution is 7.88. The summed E-state index contributed by atoms with van der Waals surface area (Å²) in [6, 6.07) is 7.65. The first-order valence-corrected chi connectivity index (χ1v) is 11.0. The number of nitrogens with zero attached hydrogens (tertiary/aromatic N) is 1. The molecule has 1 aliphatic carbocycles. The molecule has 160 valence electrons. The van der Waals surface area contributed by atoms with Crippen LogP contribution >= 0.6 is 0 Å². The molecule has 0 unspecified atom stereocenters. The van der Waals surface area contributed by atoms with Gasteiger partial charge in [0.15, 0.2) is 5.69 Å². The zero-order chi connectivity index (χ0) is 21.7. The van der Waals surface area contributed by atoms with E-state index in [0.29, 0.717) is 35.3 Å². The summed E-state index contributed by atoms with van der Waals surface area (Å²) in [5, 5.41) is 0.667. The van der Waals surface area contributed by atoms with Gasteiger partial charge in [-0.1, -0.05) is 6.07 Å². The molecule has 4 rings (SSSR count). The maximum Gasteiger partial charge on any atom is 0.433 e. The lowest BCUT2D eigenvalue weighted by Gasteiger charge is -2.16. The van der Waals surface area contributed by atoms with Crippen molar-refractivity contribution >= 4 is 21.0 Å². The van der Waals surface area contributed by atoms with Crippen molar-refractivity contribution in [3.8, 4) is 5.75 Å². The molecule has 6 nitrogen and oxygen atoms in total. The number of ether oxygens (including phenoxy) is 1. The first-order valence-electron chi connectivity index (χ1n) is 9.15. The molecule has 0 aliphatic heterocycles. The van der Waals surface area contributed by atoms with Gasteiger partial charge in [-0.2, -0.15) is 13.2 Å². The number of hydrogen-bond acceptors (Lipinski definition) is 5. The van der Waals surface area contributed by atoms with Gasteiger partial charge >= 0.3 is 6.18 Å². The van der Waals surface area contributed by atoms with E-state index in [-0.39, 0.29) is 12.2 Å². The minimum atomic E-state index is -4.57. The Hall–Kier alpha value is -2.59. The molecule has 1 aromatic carbocycles. The van der Waals surface area contributed by atoms with Gasteiger partial charge in [-0.3, -0.25) is 4.98 Å². The number of pyridine rings is 1. The van der Waals surface area contributed by atoms with E-state index in [0.717, 1.165) is 18.0 Å². The van der Waals surface area contributed by atoms with Gasteiger partial charge in [0, 0.05) is 22.7 Å². The summed E-state index contributed by atoms with van der Waals surface area (Å²) in [5.41, 5.74) is -0.514. The fraction of sp³-hybridized carbons (Fsp3) is 0.350. The standard InChI is InChI=1S/C20H19F3N2O4S/c1-12-17(19(7-8-19)25-30(2,26)27)15-10-14(5-6-16(15)29-12)28-11-13-4-3-9-24-18(13)20(21,22)23/h3-6,9-10,25H,7-8,11H2,1-2H3. The Morgan fingerprint density at radius 1 is 1.27 bits per heavy atom. The second kappa shape index (κ2) is 6.98. The molecule has 2 heterocycles. The van der Waals surface area contributed by atoms with Gasteiger partial charge in [-0.05, 0) is 44.0 Å². The van der Waals surface area contributed by atoms with E-state index in [2.05, 4.69) is 9.71 Å². The average molecular weight is 440 g/mol. The van der Waals surface area contributed by atoms with Crippen LogP contribution in [0, 0.1) is 6.92 Å². The van der Waals surface area contributed by atoms with Gasteiger partial charge in [0.1, 0.15) is 23.7 Å². The molecule has 0 amide bonds. The van der Waals surface area contributed by atoms with Crippen molar-refractivity contribution in [3.05, 3.63) is 59.1 Å². The summed E-state index contributed by atoms with van der Waals surface area (Å²) in [6.45, 7) is 1.44. The maximum atomic E-state index is 13.1. The molecule has 0 radical (unpaired) electrons. The first-order chi connectivity index (χ1) is 14.0. The Morgan fingerprint density at radius 2 is 2.00 bits per heavy atom. The SMILES string of the molecule is Cc1oc2ccc(OCc3cccnc3C(F)(F)F)cc2c1C1(NS(C)(=O)=O)CC1. The van der Waals surface area contributed by atoms with Crippen molar-refractivity contribution in [1.82, 2.24) is 9.71 Å². The number of benzene rings is 1. The summed E-state index contributed by atoms with van der Waals surface area (Å²) in [5.74, 6) is 0.930. The molecule has 0 spiro atoms. The normalized spacial score (nSPS) is 16.0. The van der Waals surface area contributed by atoms with Crippen LogP contribution in [0.3, 0.4) is 0 Å². The molecule has 10 heteroatoms. The third-order valence-electron chi connectivity index (χ3n) is 5.00. The van der Waals surface area contributed by atoms with Gasteiger partial charge in [0.25, 0.3) is 0 Å². The lowest BCUT2D eigenvalue weighted by atomic mass is 10.0. The smallest absolute Gasteiger partial charge is 0.433 e. The molecule has 2 aromatic heterocycles. The van der Waals surface area contributed by atoms with Crippen LogP contribution in [-0.2, 0) is 28.3 Å². The van der Waals surface area contributed by atoms with Gasteiger partial charge in [-0.25, -0.2) is 13.1 Å². The van der Waals surface area contributed by atoms with Crippen molar-refractivity contribution in [2.75, 3.05) is 6.26 Å². The number of fused-ring (bicyclic) bond motifs is 1. The van der Waals surface area contributed by atoms with Crippen LogP contribution in [0.2, 0.25) is 0 Å². The van der Waals surface area contributed by atoms with Crippen molar-refractivity contribution in [2.24, 2.45) is 0 Å². The minimum absolute atomic E-state index is 0.0777. The Morgan fingerprint density at radius 3 is 2.63 bits per heavy atom. The van der Waals surface area contributed by atoms with Crippen LogP contribution < -0.4 is 9.46 Å². The highest BCUT2D eigenvalue weighted by atomic mass is 32.2. The second-order valence-corrected chi connectivity index (χ2v) is 9.19. The number of rotatable bonds is 6. The van der Waals surface area contributed by atoms with E-state index in [9.17, 15) is 21.6 Å². The zero-order valence-corrected chi connectivity index (χ0v) is 17.0. The predicted molar refractivity (Wildman–Crippen MR) is 103 cm³/mol. The fourth-order valence-corrected chi connectivity index (χ4v) is 4.75. The number of aromatic nitrogens is 1. The van der Waals surface area contributed by atoms with Crippen molar-refractivity contribution in [1.29, 1.82) is 0 Å². The highest BCUT2D eigenvalue weighted by Crippen LogP contribution is 2.51. The highest BCUT2D eigenvalue weighted by Gasteiger charge is 2.49.